The molecule has 1 amide bonds. The van der Waals surface area contributed by atoms with Crippen molar-refractivity contribution in [1.29, 1.82) is 0 Å². The van der Waals surface area contributed by atoms with Gasteiger partial charge >= 0.3 is 6.09 Å². The van der Waals surface area contributed by atoms with Crippen LogP contribution >= 0.6 is 0 Å². The second-order valence-electron chi connectivity index (χ2n) is 5.55. The molecule has 1 saturated heterocycles. The number of benzene rings is 1. The number of hydrogen-bond donors (Lipinski definition) is 1. The number of aromatic nitrogens is 2. The summed E-state index contributed by atoms with van der Waals surface area (Å²) in [6, 6.07) is 19.1. The maximum Gasteiger partial charge on any atom is 0.408 e. The van der Waals surface area contributed by atoms with Gasteiger partial charge < -0.3 is 10.1 Å². The van der Waals surface area contributed by atoms with E-state index in [-0.39, 0.29) is 6.04 Å². The van der Waals surface area contributed by atoms with E-state index in [4.69, 9.17) is 9.72 Å². The molecule has 1 fully saturated rings. The third kappa shape index (κ3) is 2.72. The summed E-state index contributed by atoms with van der Waals surface area (Å²) in [5.74, 6) is 0. The molecule has 0 aliphatic carbocycles. The highest BCUT2D eigenvalue weighted by atomic mass is 16.6. The first-order chi connectivity index (χ1) is 11.8. The summed E-state index contributed by atoms with van der Waals surface area (Å²) < 4.78 is 5.43. The summed E-state index contributed by atoms with van der Waals surface area (Å²) in [5, 5.41) is 2.85. The van der Waals surface area contributed by atoms with Gasteiger partial charge in [-0.2, -0.15) is 0 Å². The van der Waals surface area contributed by atoms with Crippen molar-refractivity contribution in [2.24, 2.45) is 0 Å². The fourth-order valence-electron chi connectivity index (χ4n) is 2.85. The van der Waals surface area contributed by atoms with E-state index >= 15 is 0 Å². The highest BCUT2D eigenvalue weighted by Gasteiger charge is 2.37. The van der Waals surface area contributed by atoms with Gasteiger partial charge in [0, 0.05) is 23.5 Å². The molecule has 1 aliphatic heterocycles. The van der Waals surface area contributed by atoms with Gasteiger partial charge in [0.15, 0.2) is 6.10 Å². The van der Waals surface area contributed by atoms with Crippen molar-refractivity contribution in [3.63, 3.8) is 0 Å². The Morgan fingerprint density at radius 1 is 0.958 bits per heavy atom. The van der Waals surface area contributed by atoms with Gasteiger partial charge in [0.25, 0.3) is 0 Å². The molecule has 5 heteroatoms. The Morgan fingerprint density at radius 3 is 2.62 bits per heavy atom. The molecule has 5 nitrogen and oxygen atoms in total. The Hall–Kier alpha value is -3.21. The third-order valence-electron chi connectivity index (χ3n) is 3.98. The van der Waals surface area contributed by atoms with Gasteiger partial charge in [-0.3, -0.25) is 9.97 Å². The molecule has 4 rings (SSSR count). The molecule has 1 aliphatic rings. The lowest BCUT2D eigenvalue weighted by Gasteiger charge is -2.17. The predicted molar refractivity (Wildman–Crippen MR) is 89.0 cm³/mol. The number of rotatable bonds is 3. The summed E-state index contributed by atoms with van der Waals surface area (Å²) >= 11 is 0. The van der Waals surface area contributed by atoms with Crippen LogP contribution in [0.3, 0.4) is 0 Å². The number of pyridine rings is 2. The van der Waals surface area contributed by atoms with Gasteiger partial charge in [0.2, 0.25) is 0 Å². The molecule has 0 saturated carbocycles. The second kappa shape index (κ2) is 6.12. The molecule has 1 N–H and O–H groups in total. The van der Waals surface area contributed by atoms with Gasteiger partial charge in [-0.05, 0) is 18.2 Å². The minimum Gasteiger partial charge on any atom is -0.439 e. The normalized spacial score (nSPS) is 19.6. The molecule has 24 heavy (non-hydrogen) atoms. The first kappa shape index (κ1) is 14.4. The quantitative estimate of drug-likeness (QED) is 0.800. The zero-order chi connectivity index (χ0) is 16.4. The minimum absolute atomic E-state index is 0.342. The van der Waals surface area contributed by atoms with Gasteiger partial charge in [-0.25, -0.2) is 4.79 Å². The van der Waals surface area contributed by atoms with Crippen molar-refractivity contribution in [2.45, 2.75) is 12.1 Å². The number of nitrogens with zero attached hydrogens (tertiary/aromatic N) is 2. The summed E-state index contributed by atoms with van der Waals surface area (Å²) in [7, 11) is 0. The van der Waals surface area contributed by atoms with Crippen LogP contribution in [0, 0.1) is 0 Å². The lowest BCUT2D eigenvalue weighted by atomic mass is 10.0. The lowest BCUT2D eigenvalue weighted by molar-refractivity contribution is 0.131. The van der Waals surface area contributed by atoms with Crippen molar-refractivity contribution >= 4 is 6.09 Å². The monoisotopic (exact) mass is 317 g/mol. The van der Waals surface area contributed by atoms with Crippen molar-refractivity contribution in [2.75, 3.05) is 0 Å². The second-order valence-corrected chi connectivity index (χ2v) is 5.55. The summed E-state index contributed by atoms with van der Waals surface area (Å²) in [5.41, 5.74) is 3.49. The fourth-order valence-corrected chi connectivity index (χ4v) is 2.85. The Balaban J connectivity index is 1.71. The topological polar surface area (TPSA) is 64.1 Å². The highest BCUT2D eigenvalue weighted by Crippen LogP contribution is 2.36. The molecule has 3 heterocycles. The molecule has 118 valence electrons. The van der Waals surface area contributed by atoms with Crippen LogP contribution in [0.5, 0.6) is 0 Å². The van der Waals surface area contributed by atoms with E-state index in [1.807, 2.05) is 60.7 Å². The molecule has 0 unspecified atom stereocenters. The maximum absolute atomic E-state index is 11.8. The van der Waals surface area contributed by atoms with Crippen LogP contribution in [0.25, 0.3) is 11.3 Å². The van der Waals surface area contributed by atoms with E-state index in [1.54, 1.807) is 12.4 Å². The summed E-state index contributed by atoms with van der Waals surface area (Å²) in [6.45, 7) is 0. The van der Waals surface area contributed by atoms with Crippen molar-refractivity contribution in [1.82, 2.24) is 15.3 Å². The van der Waals surface area contributed by atoms with Crippen LogP contribution < -0.4 is 5.32 Å². The Kier molecular flexibility index (Phi) is 3.67. The first-order valence-corrected chi connectivity index (χ1v) is 7.71. The van der Waals surface area contributed by atoms with E-state index in [9.17, 15) is 4.79 Å². The van der Waals surface area contributed by atoms with Crippen LogP contribution in [0.15, 0.2) is 73.1 Å². The van der Waals surface area contributed by atoms with E-state index in [0.717, 1.165) is 22.5 Å². The smallest absolute Gasteiger partial charge is 0.408 e. The third-order valence-corrected chi connectivity index (χ3v) is 3.98. The molecule has 2 aromatic heterocycles. The number of hydrogen-bond acceptors (Lipinski definition) is 4. The standard InChI is InChI=1S/C19H15N3O2/c23-19-22-17(18(24-19)14-8-5-11-20-12-14)16-10-4-9-15(21-16)13-6-2-1-3-7-13/h1-12,17-18H,(H,22,23)/t17-,18-/m1/s1. The van der Waals surface area contributed by atoms with Crippen molar-refractivity contribution < 1.29 is 9.53 Å². The van der Waals surface area contributed by atoms with Crippen LogP contribution in [0.1, 0.15) is 23.4 Å². The van der Waals surface area contributed by atoms with Gasteiger partial charge in [0.05, 0.1) is 11.4 Å². The zero-order valence-electron chi connectivity index (χ0n) is 12.8. The predicted octanol–water partition coefficient (Wildman–Crippen LogP) is 3.67. The summed E-state index contributed by atoms with van der Waals surface area (Å²) in [6.07, 6.45) is 2.51. The fraction of sp³-hybridized carbons (Fsp3) is 0.105. The average Bonchev–Trinajstić information content (AvgIpc) is 3.05. The van der Waals surface area contributed by atoms with Gasteiger partial charge in [-0.1, -0.05) is 42.5 Å². The SMILES string of the molecule is O=C1N[C@H](c2cccc(-c3ccccc3)n2)[C@@H](c2cccnc2)O1. The number of alkyl carbamates (subject to hydrolysis) is 1. The number of carbonyl (C=O) groups is 1. The molecular weight excluding hydrogens is 302 g/mol. The summed E-state index contributed by atoms with van der Waals surface area (Å²) in [4.78, 5) is 20.6. The van der Waals surface area contributed by atoms with E-state index in [2.05, 4.69) is 10.3 Å². The Bertz CT molecular complexity index is 853. The number of amides is 1. The molecule has 1 aromatic carbocycles. The number of carbonyl (C=O) groups excluding carboxylic acids is 1. The minimum atomic E-state index is -0.444. The van der Waals surface area contributed by atoms with Crippen LogP contribution in [0.4, 0.5) is 4.79 Å². The van der Waals surface area contributed by atoms with Crippen LogP contribution in [-0.4, -0.2) is 16.1 Å². The molecule has 2 atom stereocenters. The van der Waals surface area contributed by atoms with Crippen LogP contribution in [-0.2, 0) is 4.74 Å². The largest absolute Gasteiger partial charge is 0.439 e. The van der Waals surface area contributed by atoms with E-state index in [1.165, 1.54) is 0 Å². The first-order valence-electron chi connectivity index (χ1n) is 7.71. The lowest BCUT2D eigenvalue weighted by Crippen LogP contribution is -2.20. The Labute approximate surface area is 139 Å². The zero-order valence-corrected chi connectivity index (χ0v) is 12.8. The number of ether oxygens (including phenoxy) is 1. The van der Waals surface area contributed by atoms with Crippen molar-refractivity contribution in [3.05, 3.63) is 84.3 Å². The van der Waals surface area contributed by atoms with Gasteiger partial charge in [-0.15, -0.1) is 0 Å². The highest BCUT2D eigenvalue weighted by molar-refractivity contribution is 5.71. The number of cyclic esters (lactones) is 1. The van der Waals surface area contributed by atoms with Crippen LogP contribution in [0.2, 0.25) is 0 Å². The van der Waals surface area contributed by atoms with E-state index in [0.29, 0.717) is 0 Å². The van der Waals surface area contributed by atoms with Gasteiger partial charge in [0.1, 0.15) is 6.04 Å². The average molecular weight is 317 g/mol. The number of nitrogens with one attached hydrogen (secondary N) is 1. The Morgan fingerprint density at radius 2 is 1.83 bits per heavy atom. The van der Waals surface area contributed by atoms with Crippen molar-refractivity contribution in [3.8, 4) is 11.3 Å². The molecule has 3 aromatic rings. The molecule has 0 bridgehead atoms. The molecular formula is C19H15N3O2. The maximum atomic E-state index is 11.8. The molecule has 0 radical (unpaired) electrons. The van der Waals surface area contributed by atoms with E-state index < -0.39 is 12.2 Å². The molecule has 0 spiro atoms.